The van der Waals surface area contributed by atoms with Gasteiger partial charge in [-0.05, 0) is 25.2 Å². The molecule has 1 unspecified atom stereocenters. The van der Waals surface area contributed by atoms with Crippen molar-refractivity contribution in [2.45, 2.75) is 25.7 Å². The van der Waals surface area contributed by atoms with Gasteiger partial charge in [0.05, 0.1) is 0 Å². The second-order valence-electron chi connectivity index (χ2n) is 3.24. The Morgan fingerprint density at radius 2 is 2.18 bits per heavy atom. The second-order valence-corrected chi connectivity index (χ2v) is 3.24. The first-order valence-electron chi connectivity index (χ1n) is 4.06. The predicted octanol–water partition coefficient (Wildman–Crippen LogP) is 1.25. The standard InChI is InChI=1S/C9H10O2/c10-8-5-6-3-1-2-4-7(6)9(8)11/h4,6H,1-3,5H2. The highest BCUT2D eigenvalue weighted by molar-refractivity contribution is 6.46. The zero-order valence-electron chi connectivity index (χ0n) is 6.30. The highest BCUT2D eigenvalue weighted by Gasteiger charge is 2.36. The SMILES string of the molecule is O=C1CC2CCCC=C2C1=O. The molecule has 1 atom stereocenters. The van der Waals surface area contributed by atoms with E-state index in [0.29, 0.717) is 6.42 Å². The Labute approximate surface area is 65.3 Å². The molecule has 1 saturated carbocycles. The summed E-state index contributed by atoms with van der Waals surface area (Å²) in [6, 6.07) is 0. The third-order valence-electron chi connectivity index (χ3n) is 2.51. The monoisotopic (exact) mass is 150 g/mol. The number of carbonyl (C=O) groups is 2. The molecule has 0 aromatic heterocycles. The second kappa shape index (κ2) is 2.29. The Morgan fingerprint density at radius 1 is 1.36 bits per heavy atom. The Morgan fingerprint density at radius 3 is 2.91 bits per heavy atom. The van der Waals surface area contributed by atoms with E-state index >= 15 is 0 Å². The van der Waals surface area contributed by atoms with Gasteiger partial charge >= 0.3 is 0 Å². The van der Waals surface area contributed by atoms with Gasteiger partial charge in [0, 0.05) is 12.0 Å². The minimum Gasteiger partial charge on any atom is -0.290 e. The van der Waals surface area contributed by atoms with Crippen LogP contribution in [-0.2, 0) is 9.59 Å². The Balaban J connectivity index is 2.34. The molecule has 0 aromatic rings. The molecule has 2 aliphatic carbocycles. The smallest absolute Gasteiger partial charge is 0.224 e. The van der Waals surface area contributed by atoms with Crippen molar-refractivity contribution >= 4 is 11.6 Å². The van der Waals surface area contributed by atoms with E-state index in [0.717, 1.165) is 24.8 Å². The van der Waals surface area contributed by atoms with E-state index in [1.54, 1.807) is 0 Å². The van der Waals surface area contributed by atoms with Crippen molar-refractivity contribution in [3.05, 3.63) is 11.6 Å². The van der Waals surface area contributed by atoms with Gasteiger partial charge < -0.3 is 0 Å². The fraction of sp³-hybridized carbons (Fsp3) is 0.556. The van der Waals surface area contributed by atoms with Gasteiger partial charge in [-0.1, -0.05) is 6.08 Å². The maximum atomic E-state index is 11.1. The summed E-state index contributed by atoms with van der Waals surface area (Å²) >= 11 is 0. The quantitative estimate of drug-likeness (QED) is 0.487. The predicted molar refractivity (Wildman–Crippen MR) is 40.1 cm³/mol. The van der Waals surface area contributed by atoms with Gasteiger partial charge in [-0.3, -0.25) is 9.59 Å². The molecule has 0 aromatic carbocycles. The molecule has 0 amide bonds. The van der Waals surface area contributed by atoms with E-state index < -0.39 is 0 Å². The molecular formula is C9H10O2. The normalized spacial score (nSPS) is 30.2. The topological polar surface area (TPSA) is 34.1 Å². The van der Waals surface area contributed by atoms with Crippen LogP contribution >= 0.6 is 0 Å². The van der Waals surface area contributed by atoms with Crippen molar-refractivity contribution in [1.82, 2.24) is 0 Å². The minimum atomic E-state index is -0.213. The van der Waals surface area contributed by atoms with Crippen molar-refractivity contribution in [3.63, 3.8) is 0 Å². The summed E-state index contributed by atoms with van der Waals surface area (Å²) in [7, 11) is 0. The Hall–Kier alpha value is -0.920. The van der Waals surface area contributed by atoms with E-state index in [1.165, 1.54) is 0 Å². The molecule has 2 aliphatic rings. The van der Waals surface area contributed by atoms with Crippen molar-refractivity contribution in [3.8, 4) is 0 Å². The molecule has 2 rings (SSSR count). The van der Waals surface area contributed by atoms with E-state index in [9.17, 15) is 9.59 Å². The van der Waals surface area contributed by atoms with Crippen LogP contribution in [0.4, 0.5) is 0 Å². The number of allylic oxidation sites excluding steroid dienone is 2. The van der Waals surface area contributed by atoms with E-state index in [4.69, 9.17) is 0 Å². The number of fused-ring (bicyclic) bond motifs is 1. The van der Waals surface area contributed by atoms with Gasteiger partial charge in [0.2, 0.25) is 11.6 Å². The van der Waals surface area contributed by atoms with Crippen molar-refractivity contribution in [2.75, 3.05) is 0 Å². The average molecular weight is 150 g/mol. The van der Waals surface area contributed by atoms with Crippen LogP contribution in [0.25, 0.3) is 0 Å². The lowest BCUT2D eigenvalue weighted by Gasteiger charge is -2.13. The van der Waals surface area contributed by atoms with E-state index in [-0.39, 0.29) is 17.5 Å². The van der Waals surface area contributed by atoms with Crippen LogP contribution in [0, 0.1) is 5.92 Å². The number of rotatable bonds is 0. The molecule has 0 bridgehead atoms. The highest BCUT2D eigenvalue weighted by Crippen LogP contribution is 2.33. The van der Waals surface area contributed by atoms with Crippen molar-refractivity contribution < 1.29 is 9.59 Å². The molecule has 2 nitrogen and oxygen atoms in total. The lowest BCUT2D eigenvalue weighted by molar-refractivity contribution is -0.132. The minimum absolute atomic E-state index is 0.178. The van der Waals surface area contributed by atoms with Crippen LogP contribution in [0.3, 0.4) is 0 Å². The summed E-state index contributed by atoms with van der Waals surface area (Å²) in [5.41, 5.74) is 0.807. The van der Waals surface area contributed by atoms with Crippen LogP contribution in [0.2, 0.25) is 0 Å². The fourth-order valence-corrected chi connectivity index (χ4v) is 1.91. The first-order valence-corrected chi connectivity index (χ1v) is 4.06. The first-order chi connectivity index (χ1) is 5.29. The fourth-order valence-electron chi connectivity index (χ4n) is 1.91. The third kappa shape index (κ3) is 0.934. The van der Waals surface area contributed by atoms with Crippen LogP contribution in [0.15, 0.2) is 11.6 Å². The van der Waals surface area contributed by atoms with Crippen LogP contribution in [0.5, 0.6) is 0 Å². The zero-order valence-corrected chi connectivity index (χ0v) is 6.30. The lowest BCUT2D eigenvalue weighted by Crippen LogP contribution is -2.07. The first kappa shape index (κ1) is 6.77. The molecule has 1 fully saturated rings. The molecule has 58 valence electrons. The number of Topliss-reactive ketones (excluding diaryl/α,β-unsaturated/α-hetero) is 2. The molecule has 2 heteroatoms. The number of hydrogen-bond donors (Lipinski definition) is 0. The maximum absolute atomic E-state index is 11.1. The highest BCUT2D eigenvalue weighted by atomic mass is 16.2. The molecule has 0 N–H and O–H groups in total. The zero-order chi connectivity index (χ0) is 7.84. The Bertz CT molecular complexity index is 250. The number of ketones is 2. The largest absolute Gasteiger partial charge is 0.290 e. The van der Waals surface area contributed by atoms with Gasteiger partial charge in [-0.2, -0.15) is 0 Å². The molecule has 0 radical (unpaired) electrons. The molecular weight excluding hydrogens is 140 g/mol. The van der Waals surface area contributed by atoms with Gasteiger partial charge in [-0.15, -0.1) is 0 Å². The summed E-state index contributed by atoms with van der Waals surface area (Å²) in [4.78, 5) is 22.1. The molecule has 0 aliphatic heterocycles. The summed E-state index contributed by atoms with van der Waals surface area (Å²) in [6.07, 6.45) is 5.56. The van der Waals surface area contributed by atoms with Crippen LogP contribution in [-0.4, -0.2) is 11.6 Å². The third-order valence-corrected chi connectivity index (χ3v) is 2.51. The van der Waals surface area contributed by atoms with Crippen molar-refractivity contribution in [1.29, 1.82) is 0 Å². The van der Waals surface area contributed by atoms with Crippen LogP contribution in [0.1, 0.15) is 25.7 Å². The van der Waals surface area contributed by atoms with Crippen molar-refractivity contribution in [2.24, 2.45) is 5.92 Å². The lowest BCUT2D eigenvalue weighted by atomic mass is 9.90. The van der Waals surface area contributed by atoms with Gasteiger partial charge in [0.15, 0.2) is 0 Å². The summed E-state index contributed by atoms with van der Waals surface area (Å²) in [6.45, 7) is 0. The summed E-state index contributed by atoms with van der Waals surface area (Å²) in [5.74, 6) is -0.110. The Kier molecular flexibility index (Phi) is 1.41. The summed E-state index contributed by atoms with van der Waals surface area (Å²) < 4.78 is 0. The summed E-state index contributed by atoms with van der Waals surface area (Å²) in [5, 5.41) is 0. The van der Waals surface area contributed by atoms with Gasteiger partial charge in [0.25, 0.3) is 0 Å². The molecule has 0 saturated heterocycles. The van der Waals surface area contributed by atoms with Gasteiger partial charge in [-0.25, -0.2) is 0 Å². The van der Waals surface area contributed by atoms with Crippen LogP contribution < -0.4 is 0 Å². The molecule has 0 spiro atoms. The molecule has 11 heavy (non-hydrogen) atoms. The number of hydrogen-bond acceptors (Lipinski definition) is 2. The maximum Gasteiger partial charge on any atom is 0.224 e. The van der Waals surface area contributed by atoms with E-state index in [2.05, 4.69) is 0 Å². The number of carbonyl (C=O) groups excluding carboxylic acids is 2. The molecule has 0 heterocycles. The van der Waals surface area contributed by atoms with Gasteiger partial charge in [0.1, 0.15) is 0 Å². The van der Waals surface area contributed by atoms with E-state index in [1.807, 2.05) is 6.08 Å². The average Bonchev–Trinajstić information content (AvgIpc) is 2.30.